The minimum atomic E-state index is 0.723. The Morgan fingerprint density at radius 3 is 2.43 bits per heavy atom. The highest BCUT2D eigenvalue weighted by atomic mass is 35.5. The largest absolute Gasteiger partial charge is 0.0888 e. The van der Waals surface area contributed by atoms with E-state index < -0.39 is 0 Å². The van der Waals surface area contributed by atoms with Crippen LogP contribution in [0.4, 0.5) is 0 Å². The lowest BCUT2D eigenvalue weighted by Gasteiger charge is -2.12. The van der Waals surface area contributed by atoms with Gasteiger partial charge in [0.05, 0.1) is 0 Å². The molecule has 0 fully saturated rings. The second-order valence-electron chi connectivity index (χ2n) is 3.12. The molecule has 0 heterocycles. The van der Waals surface area contributed by atoms with Crippen LogP contribution in [0, 0.1) is 6.42 Å². The first-order valence-corrected chi connectivity index (χ1v) is 5.17. The molecule has 0 N–H and O–H groups in total. The van der Waals surface area contributed by atoms with Gasteiger partial charge in [-0.25, -0.2) is 0 Å². The minimum Gasteiger partial charge on any atom is -0.0888 e. The standard InChI is InChI=1S/C12H9Cl2/c13-10-6-7-12(14)11(8-10)9-4-2-1-3-5-9/h1-6,8H,7H2. The van der Waals surface area contributed by atoms with E-state index in [-0.39, 0.29) is 0 Å². The molecule has 0 amide bonds. The Balaban J connectivity index is 2.44. The van der Waals surface area contributed by atoms with Crippen LogP contribution in [-0.2, 0) is 0 Å². The summed E-state index contributed by atoms with van der Waals surface area (Å²) in [7, 11) is 0. The lowest BCUT2D eigenvalue weighted by Crippen LogP contribution is -1.92. The highest BCUT2D eigenvalue weighted by molar-refractivity contribution is 6.36. The first-order chi connectivity index (χ1) is 6.77. The van der Waals surface area contributed by atoms with Gasteiger partial charge in [0, 0.05) is 16.5 Å². The molecule has 0 nitrogen and oxygen atoms in total. The van der Waals surface area contributed by atoms with Crippen molar-refractivity contribution in [3.05, 3.63) is 58.5 Å². The van der Waals surface area contributed by atoms with E-state index in [1.807, 2.05) is 42.8 Å². The van der Waals surface area contributed by atoms with E-state index in [4.69, 9.17) is 23.2 Å². The molecular formula is C12H9Cl2. The van der Waals surface area contributed by atoms with Gasteiger partial charge in [-0.3, -0.25) is 0 Å². The van der Waals surface area contributed by atoms with Crippen LogP contribution in [-0.4, -0.2) is 0 Å². The zero-order valence-corrected chi connectivity index (χ0v) is 9.02. The normalized spacial score (nSPS) is 16.9. The van der Waals surface area contributed by atoms with Crippen molar-refractivity contribution >= 4 is 28.8 Å². The van der Waals surface area contributed by atoms with Gasteiger partial charge in [-0.2, -0.15) is 0 Å². The van der Waals surface area contributed by atoms with Crippen LogP contribution < -0.4 is 0 Å². The van der Waals surface area contributed by atoms with Crippen molar-refractivity contribution in [3.63, 3.8) is 0 Å². The molecule has 1 aromatic carbocycles. The fourth-order valence-corrected chi connectivity index (χ4v) is 1.86. The molecule has 0 unspecified atom stereocenters. The summed E-state index contributed by atoms with van der Waals surface area (Å²) in [5, 5.41) is 1.61. The molecule has 0 atom stereocenters. The van der Waals surface area contributed by atoms with Crippen LogP contribution in [0.15, 0.2) is 46.5 Å². The van der Waals surface area contributed by atoms with Gasteiger partial charge < -0.3 is 0 Å². The maximum Gasteiger partial charge on any atom is 0.0266 e. The zero-order chi connectivity index (χ0) is 9.97. The van der Waals surface area contributed by atoms with E-state index in [2.05, 4.69) is 0 Å². The molecule has 0 saturated carbocycles. The topological polar surface area (TPSA) is 0 Å². The van der Waals surface area contributed by atoms with E-state index in [9.17, 15) is 0 Å². The van der Waals surface area contributed by atoms with Gasteiger partial charge in [-0.05, 0) is 23.6 Å². The Hall–Kier alpha value is -0.720. The molecule has 0 bridgehead atoms. The van der Waals surface area contributed by atoms with Gasteiger partial charge in [-0.1, -0.05) is 53.5 Å². The molecule has 1 aliphatic carbocycles. The van der Waals surface area contributed by atoms with Crippen LogP contribution in [0.3, 0.4) is 0 Å². The number of halogens is 2. The fraction of sp³-hybridized carbons (Fsp3) is 0.0833. The summed E-state index contributed by atoms with van der Waals surface area (Å²) >= 11 is 12.1. The van der Waals surface area contributed by atoms with Gasteiger partial charge in [-0.15, -0.1) is 0 Å². The number of rotatable bonds is 1. The van der Waals surface area contributed by atoms with E-state index in [0.29, 0.717) is 0 Å². The molecule has 0 aliphatic heterocycles. The van der Waals surface area contributed by atoms with Gasteiger partial charge >= 0.3 is 0 Å². The molecule has 14 heavy (non-hydrogen) atoms. The van der Waals surface area contributed by atoms with Crippen LogP contribution in [0.2, 0.25) is 0 Å². The third-order valence-corrected chi connectivity index (χ3v) is 2.76. The van der Waals surface area contributed by atoms with Crippen molar-refractivity contribution in [2.75, 3.05) is 0 Å². The summed E-state index contributed by atoms with van der Waals surface area (Å²) in [5.41, 5.74) is 2.14. The Morgan fingerprint density at radius 2 is 1.71 bits per heavy atom. The molecule has 71 valence electrons. The summed E-state index contributed by atoms with van der Waals surface area (Å²) in [5.74, 6) is 0. The van der Waals surface area contributed by atoms with Crippen molar-refractivity contribution in [1.29, 1.82) is 0 Å². The van der Waals surface area contributed by atoms with E-state index in [1.54, 1.807) is 0 Å². The van der Waals surface area contributed by atoms with Gasteiger partial charge in [0.15, 0.2) is 0 Å². The fourth-order valence-electron chi connectivity index (χ4n) is 1.43. The van der Waals surface area contributed by atoms with Crippen molar-refractivity contribution in [1.82, 2.24) is 0 Å². The summed E-state index contributed by atoms with van der Waals surface area (Å²) in [6.07, 6.45) is 4.54. The Labute approximate surface area is 93.8 Å². The Kier molecular flexibility index (Phi) is 2.95. The molecule has 0 aromatic heterocycles. The number of allylic oxidation sites excluding steroid dienone is 4. The average Bonchev–Trinajstić information content (AvgIpc) is 2.23. The summed E-state index contributed by atoms with van der Waals surface area (Å²) < 4.78 is 0. The highest BCUT2D eigenvalue weighted by Crippen LogP contribution is 2.33. The van der Waals surface area contributed by atoms with Crippen molar-refractivity contribution in [3.8, 4) is 0 Å². The molecule has 0 spiro atoms. The monoisotopic (exact) mass is 223 g/mol. The number of hydrogen-bond acceptors (Lipinski definition) is 0. The van der Waals surface area contributed by atoms with Crippen LogP contribution >= 0.6 is 23.2 Å². The first-order valence-electron chi connectivity index (χ1n) is 4.42. The lowest BCUT2D eigenvalue weighted by molar-refractivity contribution is 1.22. The van der Waals surface area contributed by atoms with Crippen molar-refractivity contribution < 1.29 is 0 Å². The minimum absolute atomic E-state index is 0.723. The van der Waals surface area contributed by atoms with Gasteiger partial charge in [0.2, 0.25) is 0 Å². The predicted octanol–water partition coefficient (Wildman–Crippen LogP) is 4.37. The third kappa shape index (κ3) is 2.02. The Bertz CT molecular complexity index is 388. The molecule has 0 saturated heterocycles. The van der Waals surface area contributed by atoms with Crippen molar-refractivity contribution in [2.45, 2.75) is 6.42 Å². The van der Waals surface area contributed by atoms with E-state index in [1.165, 1.54) is 0 Å². The quantitative estimate of drug-likeness (QED) is 0.664. The second-order valence-corrected chi connectivity index (χ2v) is 4.01. The Morgan fingerprint density at radius 1 is 1.00 bits per heavy atom. The third-order valence-electron chi connectivity index (χ3n) is 2.14. The first kappa shape index (κ1) is 9.82. The molecular weight excluding hydrogens is 215 g/mol. The SMILES string of the molecule is ClC1=CC(c2ccccc2)=C(Cl)C[CH]1. The number of hydrogen-bond donors (Lipinski definition) is 0. The highest BCUT2D eigenvalue weighted by Gasteiger charge is 2.11. The average molecular weight is 224 g/mol. The van der Waals surface area contributed by atoms with Crippen molar-refractivity contribution in [2.24, 2.45) is 0 Å². The van der Waals surface area contributed by atoms with Crippen LogP contribution in [0.1, 0.15) is 12.0 Å². The summed E-state index contributed by atoms with van der Waals surface area (Å²) in [6.45, 7) is 0. The smallest absolute Gasteiger partial charge is 0.0266 e. The molecule has 1 radical (unpaired) electrons. The van der Waals surface area contributed by atoms with Crippen LogP contribution in [0.25, 0.3) is 5.57 Å². The maximum absolute atomic E-state index is 6.13. The van der Waals surface area contributed by atoms with Crippen LogP contribution in [0.5, 0.6) is 0 Å². The predicted molar refractivity (Wildman–Crippen MR) is 62.1 cm³/mol. The molecule has 1 aliphatic rings. The lowest BCUT2D eigenvalue weighted by atomic mass is 9.99. The number of benzene rings is 1. The second kappa shape index (κ2) is 4.20. The molecule has 1 aromatic rings. The molecule has 2 heteroatoms. The molecule has 2 rings (SSSR count). The maximum atomic E-state index is 6.13. The summed E-state index contributed by atoms with van der Waals surface area (Å²) in [4.78, 5) is 0. The van der Waals surface area contributed by atoms with Gasteiger partial charge in [0.25, 0.3) is 0 Å². The van der Waals surface area contributed by atoms with E-state index >= 15 is 0 Å². The van der Waals surface area contributed by atoms with Gasteiger partial charge in [0.1, 0.15) is 0 Å². The summed E-state index contributed by atoms with van der Waals surface area (Å²) in [6, 6.07) is 10.0. The van der Waals surface area contributed by atoms with E-state index in [0.717, 1.165) is 27.6 Å². The zero-order valence-electron chi connectivity index (χ0n) is 7.50.